The largest absolute Gasteiger partial charge is 0.469 e. The standard InChI is InChI=1S/C19H42O7Si4/c1-22-15-16-23-19(21)14-13-18(20)12-11-17-30(24-27(2,3)4,25-28(5,6)7)26-29(8,9)10/h13-14H,11-12,15-17H2,1-10H3. The van der Waals surface area contributed by atoms with Gasteiger partial charge in [0.15, 0.2) is 30.7 Å². The Hall–Kier alpha value is -0.412. The van der Waals surface area contributed by atoms with Crippen LogP contribution in [-0.2, 0) is 31.4 Å². The van der Waals surface area contributed by atoms with E-state index in [9.17, 15) is 9.59 Å². The van der Waals surface area contributed by atoms with E-state index in [0.717, 1.165) is 0 Å². The Kier molecular flexibility index (Phi) is 12.4. The van der Waals surface area contributed by atoms with Crippen LogP contribution in [-0.4, -0.2) is 65.8 Å². The topological polar surface area (TPSA) is 80.3 Å². The van der Waals surface area contributed by atoms with Crippen molar-refractivity contribution in [3.05, 3.63) is 12.2 Å². The number of allylic oxidation sites excluding steroid dienone is 1. The molecule has 0 fully saturated rings. The third-order valence-electron chi connectivity index (χ3n) is 3.23. The first-order chi connectivity index (χ1) is 13.5. The predicted octanol–water partition coefficient (Wildman–Crippen LogP) is 4.57. The smallest absolute Gasteiger partial charge is 0.460 e. The van der Waals surface area contributed by atoms with Crippen LogP contribution in [0.5, 0.6) is 0 Å². The fraction of sp³-hybridized carbons (Fsp3) is 0.789. The Morgan fingerprint density at radius 1 is 0.733 bits per heavy atom. The summed E-state index contributed by atoms with van der Waals surface area (Å²) in [7, 11) is -7.19. The Morgan fingerprint density at radius 2 is 1.20 bits per heavy atom. The van der Waals surface area contributed by atoms with E-state index >= 15 is 0 Å². The molecule has 0 aliphatic carbocycles. The summed E-state index contributed by atoms with van der Waals surface area (Å²) in [5.41, 5.74) is 0. The summed E-state index contributed by atoms with van der Waals surface area (Å²) in [6.07, 6.45) is 3.33. The normalized spacial score (nSPS) is 13.7. The molecule has 0 N–H and O–H groups in total. The predicted molar refractivity (Wildman–Crippen MR) is 130 cm³/mol. The number of carbonyl (C=O) groups excluding carboxylic acids is 2. The second-order valence-corrected chi connectivity index (χ2v) is 27.1. The van der Waals surface area contributed by atoms with Crippen molar-refractivity contribution in [1.29, 1.82) is 0 Å². The van der Waals surface area contributed by atoms with Gasteiger partial charge in [-0.2, -0.15) is 0 Å². The van der Waals surface area contributed by atoms with E-state index in [4.69, 9.17) is 21.8 Å². The van der Waals surface area contributed by atoms with Gasteiger partial charge in [0.25, 0.3) is 0 Å². The molecule has 0 radical (unpaired) electrons. The molecule has 0 aromatic carbocycles. The van der Waals surface area contributed by atoms with E-state index in [2.05, 4.69) is 58.9 Å². The Labute approximate surface area is 187 Å². The van der Waals surface area contributed by atoms with Crippen LogP contribution < -0.4 is 0 Å². The molecule has 0 atom stereocenters. The van der Waals surface area contributed by atoms with Gasteiger partial charge >= 0.3 is 14.8 Å². The van der Waals surface area contributed by atoms with Crippen molar-refractivity contribution >= 4 is 45.5 Å². The molecular weight excluding hydrogens is 453 g/mol. The lowest BCUT2D eigenvalue weighted by molar-refractivity contribution is -0.139. The molecule has 0 unspecified atom stereocenters. The molecule has 0 aliphatic heterocycles. The highest BCUT2D eigenvalue weighted by molar-refractivity contribution is 6.90. The summed E-state index contributed by atoms with van der Waals surface area (Å²) < 4.78 is 29.5. The van der Waals surface area contributed by atoms with E-state index in [-0.39, 0.29) is 12.4 Å². The number of hydrogen-bond donors (Lipinski definition) is 0. The first-order valence-corrected chi connectivity index (χ1v) is 22.6. The third-order valence-corrected chi connectivity index (χ3v) is 15.3. The highest BCUT2D eigenvalue weighted by Crippen LogP contribution is 2.30. The molecule has 11 heteroatoms. The number of ether oxygens (including phenoxy) is 2. The Morgan fingerprint density at radius 3 is 1.60 bits per heavy atom. The number of methoxy groups -OCH3 is 1. The number of rotatable bonds is 15. The average Bonchev–Trinajstić information content (AvgIpc) is 2.47. The molecule has 0 rings (SSSR count). The molecule has 0 aliphatic rings. The first kappa shape index (κ1) is 29.6. The fourth-order valence-electron chi connectivity index (χ4n) is 2.61. The molecule has 0 heterocycles. The molecule has 0 amide bonds. The van der Waals surface area contributed by atoms with Crippen molar-refractivity contribution in [2.45, 2.75) is 77.8 Å². The van der Waals surface area contributed by atoms with Gasteiger partial charge < -0.3 is 21.8 Å². The summed E-state index contributed by atoms with van der Waals surface area (Å²) >= 11 is 0. The van der Waals surface area contributed by atoms with E-state index in [1.54, 1.807) is 0 Å². The van der Waals surface area contributed by atoms with Crippen LogP contribution in [0.3, 0.4) is 0 Å². The maximum Gasteiger partial charge on any atom is 0.469 e. The molecule has 30 heavy (non-hydrogen) atoms. The minimum absolute atomic E-state index is 0.129. The summed E-state index contributed by atoms with van der Waals surface area (Å²) in [6.45, 7) is 19.7. The molecular formula is C19H42O7Si4. The van der Waals surface area contributed by atoms with Gasteiger partial charge in [0, 0.05) is 25.7 Å². The van der Waals surface area contributed by atoms with Crippen molar-refractivity contribution < 1.29 is 31.4 Å². The zero-order chi connectivity index (χ0) is 23.6. The molecule has 0 aromatic heterocycles. The van der Waals surface area contributed by atoms with Crippen molar-refractivity contribution in [1.82, 2.24) is 0 Å². The van der Waals surface area contributed by atoms with Crippen LogP contribution in [0.2, 0.25) is 65.0 Å². The maximum atomic E-state index is 12.2. The lowest BCUT2D eigenvalue weighted by Gasteiger charge is -2.42. The molecule has 0 saturated heterocycles. The van der Waals surface area contributed by atoms with Gasteiger partial charge in [0.2, 0.25) is 0 Å². The zero-order valence-corrected chi connectivity index (χ0v) is 24.5. The van der Waals surface area contributed by atoms with E-state index in [0.29, 0.717) is 25.5 Å². The van der Waals surface area contributed by atoms with E-state index in [1.165, 1.54) is 19.3 Å². The lowest BCUT2D eigenvalue weighted by atomic mass is 10.2. The molecule has 0 saturated carbocycles. The van der Waals surface area contributed by atoms with Crippen LogP contribution in [0, 0.1) is 0 Å². The summed E-state index contributed by atoms with van der Waals surface area (Å²) in [5, 5.41) is 0. The maximum absolute atomic E-state index is 12.2. The monoisotopic (exact) mass is 494 g/mol. The molecule has 0 spiro atoms. The number of ketones is 1. The van der Waals surface area contributed by atoms with Crippen molar-refractivity contribution in [3.8, 4) is 0 Å². The fourth-order valence-corrected chi connectivity index (χ4v) is 17.3. The van der Waals surface area contributed by atoms with Crippen LogP contribution in [0.1, 0.15) is 12.8 Å². The van der Waals surface area contributed by atoms with E-state index < -0.39 is 39.7 Å². The highest BCUT2D eigenvalue weighted by atomic mass is 28.5. The van der Waals surface area contributed by atoms with Crippen LogP contribution >= 0.6 is 0 Å². The minimum Gasteiger partial charge on any atom is -0.460 e. The number of hydrogen-bond acceptors (Lipinski definition) is 7. The van der Waals surface area contributed by atoms with Gasteiger partial charge in [-0.05, 0) is 71.4 Å². The minimum atomic E-state index is -2.93. The first-order valence-electron chi connectivity index (χ1n) is 10.4. The SMILES string of the molecule is COCCOC(=O)C=CC(=O)CCC[Si](O[Si](C)(C)C)(O[Si](C)(C)C)O[Si](C)(C)C. The number of esters is 1. The molecule has 0 aromatic rings. The summed E-state index contributed by atoms with van der Waals surface area (Å²) in [4.78, 5) is 23.8. The highest BCUT2D eigenvalue weighted by Gasteiger charge is 2.49. The van der Waals surface area contributed by atoms with Crippen molar-refractivity contribution in [2.24, 2.45) is 0 Å². The van der Waals surface area contributed by atoms with Gasteiger partial charge in [-0.1, -0.05) is 0 Å². The lowest BCUT2D eigenvalue weighted by Crippen LogP contribution is -2.60. The Balaban J connectivity index is 5.14. The second-order valence-electron chi connectivity index (χ2n) is 10.1. The van der Waals surface area contributed by atoms with Crippen molar-refractivity contribution in [2.75, 3.05) is 20.3 Å². The van der Waals surface area contributed by atoms with Gasteiger partial charge in [-0.25, -0.2) is 4.79 Å². The quantitative estimate of drug-likeness (QED) is 0.143. The second kappa shape index (κ2) is 12.6. The average molecular weight is 495 g/mol. The molecule has 7 nitrogen and oxygen atoms in total. The van der Waals surface area contributed by atoms with Crippen LogP contribution in [0.4, 0.5) is 0 Å². The molecule has 176 valence electrons. The summed E-state index contributed by atoms with van der Waals surface area (Å²) in [5.74, 6) is -0.675. The van der Waals surface area contributed by atoms with Gasteiger partial charge in [0.1, 0.15) is 6.61 Å². The summed E-state index contributed by atoms with van der Waals surface area (Å²) in [6, 6.07) is 0.601. The molecule has 0 bridgehead atoms. The number of carbonyl (C=O) groups is 2. The van der Waals surface area contributed by atoms with Gasteiger partial charge in [-0.3, -0.25) is 4.79 Å². The van der Waals surface area contributed by atoms with Crippen molar-refractivity contribution in [3.63, 3.8) is 0 Å². The third kappa shape index (κ3) is 16.3. The van der Waals surface area contributed by atoms with Crippen LogP contribution in [0.25, 0.3) is 0 Å². The van der Waals surface area contributed by atoms with Gasteiger partial charge in [0.05, 0.1) is 6.61 Å². The Bertz CT molecular complexity index is 534. The zero-order valence-electron chi connectivity index (χ0n) is 20.5. The van der Waals surface area contributed by atoms with E-state index in [1.807, 2.05) is 0 Å². The van der Waals surface area contributed by atoms with Crippen LogP contribution in [0.15, 0.2) is 12.2 Å². The van der Waals surface area contributed by atoms with Gasteiger partial charge in [-0.15, -0.1) is 0 Å².